The van der Waals surface area contributed by atoms with E-state index in [1.54, 1.807) is 14.0 Å². The number of likely N-dealkylation sites (N-methyl/N-ethyl adjacent to an activating group) is 2. The summed E-state index contributed by atoms with van der Waals surface area (Å²) in [7, 11) is 1.58. The molecule has 6 N–H and O–H groups in total. The lowest BCUT2D eigenvalue weighted by atomic mass is 10.0. The number of hydrogen-bond acceptors (Lipinski definition) is 7. The second kappa shape index (κ2) is 20.4. The molecule has 0 bridgehead atoms. The van der Waals surface area contributed by atoms with E-state index >= 15 is 0 Å². The minimum absolute atomic E-state index is 0.0944. The van der Waals surface area contributed by atoms with Crippen molar-refractivity contribution in [2.75, 3.05) is 20.1 Å². The van der Waals surface area contributed by atoms with Crippen LogP contribution in [0.3, 0.4) is 0 Å². The van der Waals surface area contributed by atoms with Crippen LogP contribution in [0.25, 0.3) is 0 Å². The van der Waals surface area contributed by atoms with Crippen LogP contribution in [0.15, 0.2) is 24.5 Å². The van der Waals surface area contributed by atoms with Gasteiger partial charge < -0.3 is 31.5 Å². The Bertz CT molecular complexity index is 1130. The SMILES string of the molecule is CCCC(NC(=O)c1cc[n+](O)cc1)C(=O)N(C)[C@@H](CCC)C(=O)NC(CN[C@@H](C)C(=O)NC(C(=O)NCC)C(C)C)CC(C)C. The number of rotatable bonds is 20. The Kier molecular flexibility index (Phi) is 17.9. The van der Waals surface area contributed by atoms with Crippen molar-refractivity contribution in [3.05, 3.63) is 30.1 Å². The molecule has 0 aliphatic carbocycles. The summed E-state index contributed by atoms with van der Waals surface area (Å²) in [6.07, 6.45) is 5.38. The topological polar surface area (TPSA) is 173 Å². The van der Waals surface area contributed by atoms with Crippen LogP contribution in [-0.4, -0.2) is 90.0 Å². The fraction of sp³-hybridized carbons (Fsp3) is 0.697. The molecule has 1 heterocycles. The van der Waals surface area contributed by atoms with Gasteiger partial charge in [-0.2, -0.15) is 0 Å². The summed E-state index contributed by atoms with van der Waals surface area (Å²) in [5.74, 6) is -1.53. The Morgan fingerprint density at radius 3 is 1.98 bits per heavy atom. The molecule has 0 fully saturated rings. The fourth-order valence-corrected chi connectivity index (χ4v) is 5.10. The van der Waals surface area contributed by atoms with Crippen LogP contribution in [-0.2, 0) is 19.2 Å². The van der Waals surface area contributed by atoms with E-state index in [4.69, 9.17) is 0 Å². The lowest BCUT2D eigenvalue weighted by Gasteiger charge is -2.32. The molecule has 1 rings (SSSR count). The predicted octanol–water partition coefficient (Wildman–Crippen LogP) is 1.52. The van der Waals surface area contributed by atoms with E-state index in [-0.39, 0.29) is 41.5 Å². The number of carbonyl (C=O) groups is 5. The number of nitrogens with zero attached hydrogens (tertiary/aromatic N) is 2. The number of pyridine rings is 1. The van der Waals surface area contributed by atoms with Gasteiger partial charge in [0.15, 0.2) is 0 Å². The molecule has 0 spiro atoms. The van der Waals surface area contributed by atoms with Crippen LogP contribution in [0.1, 0.15) is 97.9 Å². The standard InChI is InChI=1S/C33H57N7O6/c1-10-13-26(37-30(42)24-15-17-40(46)18-16-24)33(45)39(9)27(14-11-2)31(43)36-25(19-21(4)5)20-35-23(8)29(41)38-28(22(6)7)32(44)34-12-3/h15-18,21-23,25-28,35H,10-14,19-20H2,1-9H3,(H4-,34,36,37,38,41,42,43,44,46)/p+1/t23-,25?,26?,27-,28?/m0/s1. The molecule has 0 radical (unpaired) electrons. The average Bonchev–Trinajstić information content (AvgIpc) is 2.99. The smallest absolute Gasteiger partial charge is 0.252 e. The van der Waals surface area contributed by atoms with Gasteiger partial charge in [0.25, 0.3) is 5.91 Å². The van der Waals surface area contributed by atoms with Crippen LogP contribution in [0.4, 0.5) is 0 Å². The van der Waals surface area contributed by atoms with Crippen molar-refractivity contribution < 1.29 is 33.9 Å². The van der Waals surface area contributed by atoms with Gasteiger partial charge in [-0.05, 0) is 44.9 Å². The molecule has 46 heavy (non-hydrogen) atoms. The highest BCUT2D eigenvalue weighted by molar-refractivity contribution is 5.98. The third-order valence-electron chi connectivity index (χ3n) is 7.70. The van der Waals surface area contributed by atoms with Crippen LogP contribution >= 0.6 is 0 Å². The number of carbonyl (C=O) groups excluding carboxylic acids is 5. The lowest BCUT2D eigenvalue weighted by molar-refractivity contribution is -0.904. The minimum atomic E-state index is -0.835. The Labute approximate surface area is 274 Å². The zero-order valence-electron chi connectivity index (χ0n) is 29.2. The largest absolute Gasteiger partial charge is 0.355 e. The maximum atomic E-state index is 13.7. The molecule has 13 heteroatoms. The van der Waals surface area contributed by atoms with Crippen molar-refractivity contribution in [1.29, 1.82) is 0 Å². The summed E-state index contributed by atoms with van der Waals surface area (Å²) in [6.45, 7) is 16.0. The first kappa shape index (κ1) is 40.3. The molecular formula is C33H58N7O6+. The van der Waals surface area contributed by atoms with Crippen LogP contribution in [0.5, 0.6) is 0 Å². The molecule has 5 atom stereocenters. The zero-order chi connectivity index (χ0) is 35.0. The highest BCUT2D eigenvalue weighted by Gasteiger charge is 2.33. The number of amides is 5. The van der Waals surface area contributed by atoms with Gasteiger partial charge in [0.1, 0.15) is 18.1 Å². The predicted molar refractivity (Wildman–Crippen MR) is 176 cm³/mol. The van der Waals surface area contributed by atoms with E-state index in [0.717, 1.165) is 4.73 Å². The van der Waals surface area contributed by atoms with Gasteiger partial charge in [0.2, 0.25) is 36.0 Å². The molecule has 0 aromatic carbocycles. The van der Waals surface area contributed by atoms with Crippen LogP contribution in [0.2, 0.25) is 0 Å². The first-order valence-electron chi connectivity index (χ1n) is 16.6. The summed E-state index contributed by atoms with van der Waals surface area (Å²) in [6, 6.07) is -0.321. The average molecular weight is 649 g/mol. The second-order valence-electron chi connectivity index (χ2n) is 12.6. The molecule has 1 aromatic rings. The summed E-state index contributed by atoms with van der Waals surface area (Å²) < 4.78 is 0.821. The quantitative estimate of drug-likeness (QED) is 0.0919. The monoisotopic (exact) mass is 648 g/mol. The van der Waals surface area contributed by atoms with Gasteiger partial charge in [-0.25, -0.2) is 0 Å². The molecule has 5 amide bonds. The van der Waals surface area contributed by atoms with Gasteiger partial charge in [0.05, 0.1) is 11.6 Å². The molecular weight excluding hydrogens is 590 g/mol. The third-order valence-corrected chi connectivity index (χ3v) is 7.70. The van der Waals surface area contributed by atoms with Crippen molar-refractivity contribution in [3.8, 4) is 0 Å². The van der Waals surface area contributed by atoms with Crippen LogP contribution in [0, 0.1) is 11.8 Å². The van der Waals surface area contributed by atoms with E-state index in [9.17, 15) is 29.2 Å². The highest BCUT2D eigenvalue weighted by atomic mass is 16.5. The van der Waals surface area contributed by atoms with Gasteiger partial charge >= 0.3 is 0 Å². The molecule has 3 unspecified atom stereocenters. The summed E-state index contributed by atoms with van der Waals surface area (Å²) in [5, 5.41) is 24.1. The maximum Gasteiger partial charge on any atom is 0.252 e. The van der Waals surface area contributed by atoms with E-state index in [1.807, 2.05) is 48.5 Å². The van der Waals surface area contributed by atoms with Crippen molar-refractivity contribution in [2.24, 2.45) is 11.8 Å². The van der Waals surface area contributed by atoms with Crippen molar-refractivity contribution >= 4 is 29.5 Å². The number of nitrogens with one attached hydrogen (secondary N) is 5. The Morgan fingerprint density at radius 1 is 0.848 bits per heavy atom. The first-order valence-corrected chi connectivity index (χ1v) is 16.6. The van der Waals surface area contributed by atoms with Gasteiger partial charge in [-0.3, -0.25) is 29.2 Å². The molecule has 0 aliphatic heterocycles. The Morgan fingerprint density at radius 2 is 1.46 bits per heavy atom. The highest BCUT2D eigenvalue weighted by Crippen LogP contribution is 2.13. The zero-order valence-corrected chi connectivity index (χ0v) is 29.2. The molecule has 0 saturated heterocycles. The van der Waals surface area contributed by atoms with E-state index in [2.05, 4.69) is 26.6 Å². The molecule has 0 aliphatic rings. The van der Waals surface area contributed by atoms with Gasteiger partial charge in [-0.15, -0.1) is 0 Å². The van der Waals surface area contributed by atoms with Crippen molar-refractivity contribution in [2.45, 2.75) is 118 Å². The van der Waals surface area contributed by atoms with Crippen molar-refractivity contribution in [3.63, 3.8) is 0 Å². The maximum absolute atomic E-state index is 13.7. The molecule has 13 nitrogen and oxygen atoms in total. The second-order valence-corrected chi connectivity index (χ2v) is 12.6. The summed E-state index contributed by atoms with van der Waals surface area (Å²) >= 11 is 0. The number of hydrogen-bond donors (Lipinski definition) is 6. The summed E-state index contributed by atoms with van der Waals surface area (Å²) in [4.78, 5) is 67.0. The molecule has 0 saturated carbocycles. The first-order chi connectivity index (χ1) is 21.7. The Balaban J connectivity index is 3.00. The van der Waals surface area contributed by atoms with Crippen LogP contribution < -0.4 is 31.3 Å². The normalized spacial score (nSPS) is 14.5. The Hall–Kier alpha value is -3.74. The van der Waals surface area contributed by atoms with Gasteiger partial charge in [0, 0.05) is 43.0 Å². The van der Waals surface area contributed by atoms with E-state index in [0.29, 0.717) is 50.8 Å². The molecule has 260 valence electrons. The minimum Gasteiger partial charge on any atom is -0.355 e. The lowest BCUT2D eigenvalue weighted by Crippen LogP contribution is -2.57. The van der Waals surface area contributed by atoms with Crippen molar-refractivity contribution in [1.82, 2.24) is 31.5 Å². The van der Waals surface area contributed by atoms with E-state index in [1.165, 1.54) is 29.4 Å². The van der Waals surface area contributed by atoms with Gasteiger partial charge in [-0.1, -0.05) is 54.4 Å². The fourth-order valence-electron chi connectivity index (χ4n) is 5.10. The number of aromatic nitrogens is 1. The summed E-state index contributed by atoms with van der Waals surface area (Å²) in [5.41, 5.74) is 0.292. The molecule has 1 aromatic heterocycles. The third kappa shape index (κ3) is 13.3. The van der Waals surface area contributed by atoms with E-state index < -0.39 is 30.1 Å².